The molecule has 0 aliphatic heterocycles. The molecule has 0 saturated carbocycles. The second-order valence-corrected chi connectivity index (χ2v) is 5.61. The quantitative estimate of drug-likeness (QED) is 0.373. The maximum absolute atomic E-state index is 8.56. The first kappa shape index (κ1) is 20.1. The molecule has 1 N–H and O–H groups in total. The number of unbranched alkanes of at least 4 members (excludes halogenated alkanes) is 11. The summed E-state index contributed by atoms with van der Waals surface area (Å²) in [5.74, 6) is 12.3. The highest BCUT2D eigenvalue weighted by Crippen LogP contribution is 2.10. The maximum atomic E-state index is 8.56. The van der Waals surface area contributed by atoms with Crippen LogP contribution in [0.25, 0.3) is 0 Å². The highest BCUT2D eigenvalue weighted by Gasteiger charge is 1.91. The van der Waals surface area contributed by atoms with Gasteiger partial charge in [-0.2, -0.15) is 0 Å². The Balaban J connectivity index is 3.14. The molecule has 120 valence electrons. The molecule has 0 rings (SSSR count). The molecule has 0 saturated heterocycles. The molecule has 0 aromatic carbocycles. The van der Waals surface area contributed by atoms with Gasteiger partial charge in [-0.15, -0.1) is 23.7 Å². The first-order valence-corrected chi connectivity index (χ1v) is 8.94. The van der Waals surface area contributed by atoms with Gasteiger partial charge in [-0.1, -0.05) is 64.7 Å². The monoisotopic (exact) mass is 290 g/mol. The molecule has 0 fully saturated rings. The summed E-state index contributed by atoms with van der Waals surface area (Å²) in [6, 6.07) is 0. The number of aliphatic hydroxyl groups is 1. The van der Waals surface area contributed by atoms with Crippen LogP contribution in [0.5, 0.6) is 0 Å². The number of hydrogen-bond donors (Lipinski definition) is 1. The Hall–Kier alpha value is -0.920. The van der Waals surface area contributed by atoms with Crippen LogP contribution in [0.3, 0.4) is 0 Å². The summed E-state index contributed by atoms with van der Waals surface area (Å²) in [5.41, 5.74) is 0. The van der Waals surface area contributed by atoms with Gasteiger partial charge in [-0.05, 0) is 6.42 Å². The van der Waals surface area contributed by atoms with Gasteiger partial charge in [0.1, 0.15) is 0 Å². The van der Waals surface area contributed by atoms with Crippen LogP contribution in [0.2, 0.25) is 0 Å². The Morgan fingerprint density at radius 3 is 1.48 bits per heavy atom. The molecule has 0 amide bonds. The van der Waals surface area contributed by atoms with Crippen molar-refractivity contribution in [2.75, 3.05) is 6.61 Å². The fourth-order valence-electron chi connectivity index (χ4n) is 2.24. The van der Waals surface area contributed by atoms with Crippen molar-refractivity contribution in [3.05, 3.63) is 0 Å². The van der Waals surface area contributed by atoms with Crippen molar-refractivity contribution in [2.45, 2.75) is 96.8 Å². The van der Waals surface area contributed by atoms with Crippen LogP contribution in [0, 0.1) is 23.7 Å². The fourth-order valence-corrected chi connectivity index (χ4v) is 2.24. The van der Waals surface area contributed by atoms with Gasteiger partial charge >= 0.3 is 0 Å². The summed E-state index contributed by atoms with van der Waals surface area (Å²) >= 11 is 0. The second-order valence-electron chi connectivity index (χ2n) is 5.61. The second kappa shape index (κ2) is 19.1. The predicted octanol–water partition coefficient (Wildman–Crippen LogP) is 5.47. The number of aliphatic hydroxyl groups excluding tert-OH is 1. The van der Waals surface area contributed by atoms with Gasteiger partial charge in [-0.25, -0.2) is 0 Å². The van der Waals surface area contributed by atoms with E-state index in [1.807, 2.05) is 0 Å². The van der Waals surface area contributed by atoms with Gasteiger partial charge in [0.05, 0.1) is 6.61 Å². The maximum Gasteiger partial charge on any atom is 0.0540 e. The lowest BCUT2D eigenvalue weighted by Gasteiger charge is -2.00. The van der Waals surface area contributed by atoms with Crippen LogP contribution in [0.1, 0.15) is 96.8 Å². The predicted molar refractivity (Wildman–Crippen MR) is 92.9 cm³/mol. The van der Waals surface area contributed by atoms with E-state index < -0.39 is 0 Å². The van der Waals surface area contributed by atoms with Gasteiger partial charge in [0, 0.05) is 25.7 Å². The molecular weight excluding hydrogens is 256 g/mol. The van der Waals surface area contributed by atoms with Crippen molar-refractivity contribution in [1.29, 1.82) is 0 Å². The van der Waals surface area contributed by atoms with Crippen molar-refractivity contribution in [1.82, 2.24) is 0 Å². The highest BCUT2D eigenvalue weighted by molar-refractivity contribution is 5.05. The average molecular weight is 290 g/mol. The van der Waals surface area contributed by atoms with Crippen molar-refractivity contribution in [2.24, 2.45) is 0 Å². The first-order chi connectivity index (χ1) is 10.4. The molecule has 1 nitrogen and oxygen atoms in total. The van der Waals surface area contributed by atoms with Crippen LogP contribution in [-0.4, -0.2) is 11.7 Å². The lowest BCUT2D eigenvalue weighted by molar-refractivity contribution is 0.305. The molecule has 0 aliphatic carbocycles. The lowest BCUT2D eigenvalue weighted by atomic mass is 10.1. The molecule has 0 atom stereocenters. The van der Waals surface area contributed by atoms with E-state index in [0.29, 0.717) is 6.42 Å². The van der Waals surface area contributed by atoms with Crippen LogP contribution in [0.15, 0.2) is 0 Å². The van der Waals surface area contributed by atoms with Gasteiger partial charge in [0.25, 0.3) is 0 Å². The van der Waals surface area contributed by atoms with Crippen LogP contribution < -0.4 is 0 Å². The zero-order chi connectivity index (χ0) is 15.4. The molecular formula is C20H34O. The topological polar surface area (TPSA) is 20.2 Å². The van der Waals surface area contributed by atoms with Gasteiger partial charge < -0.3 is 5.11 Å². The van der Waals surface area contributed by atoms with E-state index in [-0.39, 0.29) is 6.61 Å². The molecule has 0 unspecified atom stereocenters. The third-order valence-corrected chi connectivity index (χ3v) is 3.52. The van der Waals surface area contributed by atoms with E-state index in [4.69, 9.17) is 5.11 Å². The smallest absolute Gasteiger partial charge is 0.0540 e. The molecule has 0 radical (unpaired) electrons. The number of rotatable bonds is 12. The van der Waals surface area contributed by atoms with Gasteiger partial charge in [0.2, 0.25) is 0 Å². The molecule has 0 aromatic rings. The Morgan fingerprint density at radius 2 is 0.952 bits per heavy atom. The minimum Gasteiger partial charge on any atom is -0.395 e. The third-order valence-electron chi connectivity index (χ3n) is 3.52. The fraction of sp³-hybridized carbons (Fsp3) is 0.800. The molecule has 21 heavy (non-hydrogen) atoms. The minimum atomic E-state index is 0.164. The normalized spacial score (nSPS) is 9.62. The van der Waals surface area contributed by atoms with E-state index in [1.54, 1.807) is 0 Å². The molecule has 0 bridgehead atoms. The van der Waals surface area contributed by atoms with E-state index in [0.717, 1.165) is 19.3 Å². The summed E-state index contributed by atoms with van der Waals surface area (Å²) < 4.78 is 0. The third kappa shape index (κ3) is 19.1. The van der Waals surface area contributed by atoms with Crippen LogP contribution >= 0.6 is 0 Å². The Bertz CT molecular complexity index is 310. The van der Waals surface area contributed by atoms with Crippen molar-refractivity contribution >= 4 is 0 Å². The molecule has 0 aliphatic rings. The highest BCUT2D eigenvalue weighted by atomic mass is 16.2. The molecule has 0 aromatic heterocycles. The standard InChI is InChI=1S/C20H34O/c1-2-3-4-5-6-7-8-9-10-11-12-13-14-15-16-17-18-19-20-21/h21H,2-12,15-16,19-20H2,1H3. The first-order valence-electron chi connectivity index (χ1n) is 8.94. The largest absolute Gasteiger partial charge is 0.395 e. The summed E-state index contributed by atoms with van der Waals surface area (Å²) in [6.45, 7) is 2.44. The zero-order valence-electron chi connectivity index (χ0n) is 14.1. The SMILES string of the molecule is CCCCCCCCCCCCC#CCCC#CCCO. The molecule has 0 heterocycles. The summed E-state index contributed by atoms with van der Waals surface area (Å²) in [7, 11) is 0. The number of hydrogen-bond acceptors (Lipinski definition) is 1. The van der Waals surface area contributed by atoms with Crippen LogP contribution in [-0.2, 0) is 0 Å². The molecule has 0 spiro atoms. The Kier molecular flexibility index (Phi) is 18.2. The van der Waals surface area contributed by atoms with Crippen LogP contribution in [0.4, 0.5) is 0 Å². The van der Waals surface area contributed by atoms with E-state index in [1.165, 1.54) is 64.2 Å². The average Bonchev–Trinajstić information content (AvgIpc) is 2.50. The zero-order valence-corrected chi connectivity index (χ0v) is 14.1. The lowest BCUT2D eigenvalue weighted by Crippen LogP contribution is -1.81. The van der Waals surface area contributed by atoms with Gasteiger partial charge in [0.15, 0.2) is 0 Å². The van der Waals surface area contributed by atoms with E-state index >= 15 is 0 Å². The minimum absolute atomic E-state index is 0.164. The van der Waals surface area contributed by atoms with E-state index in [2.05, 4.69) is 30.6 Å². The van der Waals surface area contributed by atoms with Crippen molar-refractivity contribution in [3.8, 4) is 23.7 Å². The molecule has 1 heteroatoms. The van der Waals surface area contributed by atoms with Gasteiger partial charge in [-0.3, -0.25) is 0 Å². The Morgan fingerprint density at radius 1 is 0.524 bits per heavy atom. The Labute approximate surface area is 132 Å². The van der Waals surface area contributed by atoms with E-state index in [9.17, 15) is 0 Å². The van der Waals surface area contributed by atoms with Crippen molar-refractivity contribution < 1.29 is 5.11 Å². The summed E-state index contributed by atoms with van der Waals surface area (Å²) in [6.07, 6.45) is 17.2. The summed E-state index contributed by atoms with van der Waals surface area (Å²) in [5, 5.41) is 8.56. The van der Waals surface area contributed by atoms with Crippen molar-refractivity contribution in [3.63, 3.8) is 0 Å². The summed E-state index contributed by atoms with van der Waals surface area (Å²) in [4.78, 5) is 0.